The third kappa shape index (κ3) is 2.26. The number of carboxylic acids is 1. The second kappa shape index (κ2) is 4.41. The number of aromatic amines is 2. The summed E-state index contributed by atoms with van der Waals surface area (Å²) in [5.41, 5.74) is 0.767. The van der Waals surface area contributed by atoms with Gasteiger partial charge in [-0.2, -0.15) is 13.2 Å². The van der Waals surface area contributed by atoms with E-state index in [-0.39, 0.29) is 5.69 Å². The Morgan fingerprint density at radius 3 is 2.52 bits per heavy atom. The van der Waals surface area contributed by atoms with Crippen molar-refractivity contribution in [3.05, 3.63) is 47.8 Å². The van der Waals surface area contributed by atoms with Crippen LogP contribution in [0.4, 0.5) is 13.2 Å². The van der Waals surface area contributed by atoms with Gasteiger partial charge in [-0.05, 0) is 24.3 Å². The molecular weight excluding hydrogens is 285 g/mol. The average molecular weight is 294 g/mol. The van der Waals surface area contributed by atoms with Crippen LogP contribution < -0.4 is 0 Å². The molecule has 0 atom stereocenters. The van der Waals surface area contributed by atoms with Crippen molar-refractivity contribution in [2.75, 3.05) is 0 Å². The summed E-state index contributed by atoms with van der Waals surface area (Å²) in [5.74, 6) is -1.10. The van der Waals surface area contributed by atoms with Crippen molar-refractivity contribution in [2.24, 2.45) is 0 Å². The topological polar surface area (TPSA) is 68.9 Å². The van der Waals surface area contributed by atoms with E-state index in [0.29, 0.717) is 22.2 Å². The number of aromatic nitrogens is 2. The summed E-state index contributed by atoms with van der Waals surface area (Å²) < 4.78 is 38.0. The number of aromatic carboxylic acids is 1. The van der Waals surface area contributed by atoms with Gasteiger partial charge >= 0.3 is 12.1 Å². The lowest BCUT2D eigenvalue weighted by molar-refractivity contribution is -0.137. The van der Waals surface area contributed by atoms with Gasteiger partial charge in [-0.15, -0.1) is 0 Å². The Hall–Kier alpha value is -2.70. The lowest BCUT2D eigenvalue weighted by Crippen LogP contribution is -2.04. The SMILES string of the molecule is O=C(O)c1ccc(-c2c[nH]c3cc(C(F)(F)F)ccc23)[nH]1. The van der Waals surface area contributed by atoms with Crippen LogP contribution in [0.5, 0.6) is 0 Å². The molecular formula is C14H9F3N2O2. The van der Waals surface area contributed by atoms with E-state index in [2.05, 4.69) is 9.97 Å². The minimum atomic E-state index is -4.40. The fourth-order valence-corrected chi connectivity index (χ4v) is 2.20. The Morgan fingerprint density at radius 2 is 1.90 bits per heavy atom. The van der Waals surface area contributed by atoms with Crippen molar-refractivity contribution in [3.8, 4) is 11.3 Å². The number of hydrogen-bond acceptors (Lipinski definition) is 1. The predicted molar refractivity (Wildman–Crippen MR) is 70.0 cm³/mol. The lowest BCUT2D eigenvalue weighted by Gasteiger charge is -2.06. The van der Waals surface area contributed by atoms with E-state index in [1.807, 2.05) is 0 Å². The molecule has 7 heteroatoms. The van der Waals surface area contributed by atoms with Gasteiger partial charge in [0.2, 0.25) is 0 Å². The van der Waals surface area contributed by atoms with Crippen molar-refractivity contribution in [1.29, 1.82) is 0 Å². The second-order valence-electron chi connectivity index (χ2n) is 4.55. The van der Waals surface area contributed by atoms with E-state index in [1.54, 1.807) is 12.3 Å². The molecule has 0 fully saturated rings. The molecule has 1 aromatic carbocycles. The maximum absolute atomic E-state index is 12.7. The highest BCUT2D eigenvalue weighted by Gasteiger charge is 2.30. The molecule has 0 unspecified atom stereocenters. The molecule has 0 aliphatic carbocycles. The highest BCUT2D eigenvalue weighted by molar-refractivity contribution is 5.96. The summed E-state index contributed by atoms with van der Waals surface area (Å²) in [5, 5.41) is 9.46. The molecule has 3 rings (SSSR count). The Labute approximate surface area is 116 Å². The van der Waals surface area contributed by atoms with Crippen molar-refractivity contribution in [1.82, 2.24) is 9.97 Å². The number of fused-ring (bicyclic) bond motifs is 1. The van der Waals surface area contributed by atoms with Crippen LogP contribution in [0.1, 0.15) is 16.1 Å². The molecule has 21 heavy (non-hydrogen) atoms. The maximum atomic E-state index is 12.7. The van der Waals surface area contributed by atoms with Crippen LogP contribution in [0.2, 0.25) is 0 Å². The monoisotopic (exact) mass is 294 g/mol. The van der Waals surface area contributed by atoms with Gasteiger partial charge < -0.3 is 15.1 Å². The molecule has 3 aromatic rings. The summed E-state index contributed by atoms with van der Waals surface area (Å²) in [6.45, 7) is 0. The first-order valence-electron chi connectivity index (χ1n) is 5.97. The normalized spacial score (nSPS) is 12.0. The van der Waals surface area contributed by atoms with Gasteiger partial charge in [-0.3, -0.25) is 0 Å². The molecule has 0 saturated carbocycles. The van der Waals surface area contributed by atoms with Gasteiger partial charge in [0.15, 0.2) is 0 Å². The Bertz CT molecular complexity index is 830. The molecule has 4 nitrogen and oxygen atoms in total. The number of nitrogens with one attached hydrogen (secondary N) is 2. The molecule has 0 radical (unpaired) electrons. The number of carbonyl (C=O) groups is 1. The smallest absolute Gasteiger partial charge is 0.416 e. The molecule has 0 saturated heterocycles. The number of hydrogen-bond donors (Lipinski definition) is 3. The molecule has 2 aromatic heterocycles. The largest absolute Gasteiger partial charge is 0.477 e. The number of rotatable bonds is 2. The first kappa shape index (κ1) is 13.3. The van der Waals surface area contributed by atoms with Crippen LogP contribution in [-0.4, -0.2) is 21.0 Å². The summed E-state index contributed by atoms with van der Waals surface area (Å²) in [6.07, 6.45) is -2.86. The Kier molecular flexibility index (Phi) is 2.79. The number of carboxylic acid groups (broad SMARTS) is 1. The van der Waals surface area contributed by atoms with Gasteiger partial charge in [0.25, 0.3) is 0 Å². The fourth-order valence-electron chi connectivity index (χ4n) is 2.20. The predicted octanol–water partition coefficient (Wildman–Crippen LogP) is 3.88. The Balaban J connectivity index is 2.10. The third-order valence-electron chi connectivity index (χ3n) is 3.22. The van der Waals surface area contributed by atoms with Gasteiger partial charge in [-0.25, -0.2) is 4.79 Å². The van der Waals surface area contributed by atoms with Gasteiger partial charge in [0.1, 0.15) is 5.69 Å². The van der Waals surface area contributed by atoms with Crippen molar-refractivity contribution < 1.29 is 23.1 Å². The number of benzene rings is 1. The van der Waals surface area contributed by atoms with Crippen LogP contribution in [-0.2, 0) is 6.18 Å². The zero-order valence-corrected chi connectivity index (χ0v) is 10.5. The summed E-state index contributed by atoms with van der Waals surface area (Å²) >= 11 is 0. The molecule has 0 spiro atoms. The molecule has 0 amide bonds. The summed E-state index contributed by atoms with van der Waals surface area (Å²) in [7, 11) is 0. The summed E-state index contributed by atoms with van der Waals surface area (Å²) in [4.78, 5) is 16.3. The Morgan fingerprint density at radius 1 is 1.14 bits per heavy atom. The molecule has 0 aliphatic heterocycles. The fraction of sp³-hybridized carbons (Fsp3) is 0.0714. The van der Waals surface area contributed by atoms with Gasteiger partial charge in [-0.1, -0.05) is 6.07 Å². The molecule has 0 bridgehead atoms. The van der Waals surface area contributed by atoms with E-state index in [9.17, 15) is 18.0 Å². The first-order valence-corrected chi connectivity index (χ1v) is 5.97. The van der Waals surface area contributed by atoms with Crippen molar-refractivity contribution in [3.63, 3.8) is 0 Å². The lowest BCUT2D eigenvalue weighted by atomic mass is 10.1. The molecule has 0 aliphatic rings. The zero-order valence-electron chi connectivity index (χ0n) is 10.5. The van der Waals surface area contributed by atoms with E-state index < -0.39 is 17.7 Å². The van der Waals surface area contributed by atoms with Crippen LogP contribution in [0.15, 0.2) is 36.5 Å². The van der Waals surface area contributed by atoms with Crippen LogP contribution in [0.3, 0.4) is 0 Å². The van der Waals surface area contributed by atoms with E-state index >= 15 is 0 Å². The number of H-pyrrole nitrogens is 2. The van der Waals surface area contributed by atoms with E-state index in [4.69, 9.17) is 5.11 Å². The molecule has 2 heterocycles. The maximum Gasteiger partial charge on any atom is 0.416 e. The van der Waals surface area contributed by atoms with E-state index in [0.717, 1.165) is 12.1 Å². The average Bonchev–Trinajstić information content (AvgIpc) is 3.03. The minimum absolute atomic E-state index is 0.0197. The molecule has 108 valence electrons. The van der Waals surface area contributed by atoms with Gasteiger partial charge in [0, 0.05) is 28.4 Å². The second-order valence-corrected chi connectivity index (χ2v) is 4.55. The van der Waals surface area contributed by atoms with Crippen molar-refractivity contribution in [2.45, 2.75) is 6.18 Å². The van der Waals surface area contributed by atoms with Crippen molar-refractivity contribution >= 4 is 16.9 Å². The summed E-state index contributed by atoms with van der Waals surface area (Å²) in [6, 6.07) is 6.37. The van der Waals surface area contributed by atoms with Crippen LogP contribution >= 0.6 is 0 Å². The number of halogens is 3. The first-order chi connectivity index (χ1) is 9.86. The quantitative estimate of drug-likeness (QED) is 0.671. The standard InChI is InChI=1S/C14H9F3N2O2/c15-14(16,17)7-1-2-8-9(6-18-12(8)5-7)10-3-4-11(19-10)13(20)21/h1-6,18-19H,(H,20,21). The van der Waals surface area contributed by atoms with Gasteiger partial charge in [0.05, 0.1) is 5.56 Å². The van der Waals surface area contributed by atoms with E-state index in [1.165, 1.54) is 12.1 Å². The number of alkyl halides is 3. The molecule has 3 N–H and O–H groups in total. The minimum Gasteiger partial charge on any atom is -0.477 e. The third-order valence-corrected chi connectivity index (χ3v) is 3.22. The zero-order chi connectivity index (χ0) is 15.2. The highest BCUT2D eigenvalue weighted by Crippen LogP contribution is 2.34. The van der Waals surface area contributed by atoms with Crippen LogP contribution in [0, 0.1) is 0 Å². The highest BCUT2D eigenvalue weighted by atomic mass is 19.4. The van der Waals surface area contributed by atoms with Crippen LogP contribution in [0.25, 0.3) is 22.2 Å².